The minimum atomic E-state index is -0.0200. The van der Waals surface area contributed by atoms with E-state index in [1.54, 1.807) is 0 Å². The van der Waals surface area contributed by atoms with E-state index in [4.69, 9.17) is 5.73 Å². The van der Waals surface area contributed by atoms with Gasteiger partial charge in [0.25, 0.3) is 0 Å². The topological polar surface area (TPSA) is 46.2 Å². The van der Waals surface area contributed by atoms with Gasteiger partial charge in [0.2, 0.25) is 0 Å². The Morgan fingerprint density at radius 2 is 1.57 bits per heavy atom. The highest BCUT2D eigenvalue weighted by atomic mass is 16.3. The van der Waals surface area contributed by atoms with Crippen molar-refractivity contribution in [1.29, 1.82) is 0 Å². The molecule has 2 nitrogen and oxygen atoms in total. The molecule has 4 aliphatic rings. The summed E-state index contributed by atoms with van der Waals surface area (Å²) >= 11 is 0. The zero-order chi connectivity index (χ0) is 14.8. The van der Waals surface area contributed by atoms with Crippen LogP contribution in [0.1, 0.15) is 71.6 Å². The average molecular weight is 291 g/mol. The molecule has 4 saturated carbocycles. The normalized spacial score (nSPS) is 60.0. The molecule has 8 atom stereocenters. The van der Waals surface area contributed by atoms with Gasteiger partial charge in [-0.3, -0.25) is 0 Å². The van der Waals surface area contributed by atoms with Gasteiger partial charge in [0.1, 0.15) is 0 Å². The predicted octanol–water partition coefficient (Wildman–Crippen LogP) is 3.72. The fourth-order valence-corrected chi connectivity index (χ4v) is 7.28. The summed E-state index contributed by atoms with van der Waals surface area (Å²) in [5, 5.41) is 10.1. The van der Waals surface area contributed by atoms with Crippen LogP contribution in [0.4, 0.5) is 0 Å². The summed E-state index contributed by atoms with van der Waals surface area (Å²) < 4.78 is 0. The molecule has 0 aromatic carbocycles. The van der Waals surface area contributed by atoms with Gasteiger partial charge in [-0.15, -0.1) is 0 Å². The smallest absolute Gasteiger partial charge is 0.0543 e. The molecule has 4 aliphatic carbocycles. The van der Waals surface area contributed by atoms with Crippen LogP contribution in [0.15, 0.2) is 0 Å². The van der Waals surface area contributed by atoms with Crippen molar-refractivity contribution in [1.82, 2.24) is 0 Å². The number of aliphatic hydroxyl groups excluding tert-OH is 1. The van der Waals surface area contributed by atoms with E-state index in [0.717, 1.165) is 36.5 Å². The van der Waals surface area contributed by atoms with E-state index in [2.05, 4.69) is 13.8 Å². The zero-order valence-corrected chi connectivity index (χ0v) is 13.9. The highest BCUT2D eigenvalue weighted by Crippen LogP contribution is 2.65. The summed E-state index contributed by atoms with van der Waals surface area (Å²) in [4.78, 5) is 0. The molecule has 4 rings (SSSR count). The van der Waals surface area contributed by atoms with Gasteiger partial charge < -0.3 is 10.8 Å². The van der Waals surface area contributed by atoms with Crippen LogP contribution in [0.2, 0.25) is 0 Å². The second kappa shape index (κ2) is 4.71. The van der Waals surface area contributed by atoms with Gasteiger partial charge in [-0.25, -0.2) is 0 Å². The Morgan fingerprint density at radius 3 is 2.38 bits per heavy atom. The van der Waals surface area contributed by atoms with E-state index >= 15 is 0 Å². The molecule has 0 spiro atoms. The Balaban J connectivity index is 1.62. The molecule has 0 radical (unpaired) electrons. The molecule has 2 heteroatoms. The molecule has 0 bridgehead atoms. The summed E-state index contributed by atoms with van der Waals surface area (Å²) in [6.45, 7) is 5.06. The van der Waals surface area contributed by atoms with Gasteiger partial charge in [0.05, 0.1) is 6.10 Å². The lowest BCUT2D eigenvalue weighted by atomic mass is 9.45. The van der Waals surface area contributed by atoms with Crippen molar-refractivity contribution in [2.75, 3.05) is 0 Å². The van der Waals surface area contributed by atoms with E-state index in [1.165, 1.54) is 44.9 Å². The van der Waals surface area contributed by atoms with Crippen LogP contribution in [0.25, 0.3) is 0 Å². The Hall–Kier alpha value is -0.0800. The van der Waals surface area contributed by atoms with Gasteiger partial charge in [-0.2, -0.15) is 0 Å². The van der Waals surface area contributed by atoms with Crippen molar-refractivity contribution in [3.05, 3.63) is 0 Å². The van der Waals surface area contributed by atoms with Crippen LogP contribution in [-0.4, -0.2) is 17.3 Å². The summed E-state index contributed by atoms with van der Waals surface area (Å²) in [6, 6.07) is 0.446. The van der Waals surface area contributed by atoms with E-state index < -0.39 is 0 Å². The van der Waals surface area contributed by atoms with Crippen LogP contribution in [0, 0.1) is 34.5 Å². The molecule has 0 aromatic rings. The number of nitrogens with two attached hydrogens (primary N) is 1. The maximum Gasteiger partial charge on any atom is 0.0543 e. The van der Waals surface area contributed by atoms with Crippen LogP contribution < -0.4 is 5.73 Å². The summed E-state index contributed by atoms with van der Waals surface area (Å²) in [7, 11) is 0. The third-order valence-electron chi connectivity index (χ3n) is 8.71. The lowest BCUT2D eigenvalue weighted by molar-refractivity contribution is -0.122. The Bertz CT molecular complexity index is 424. The molecule has 0 aromatic heterocycles. The predicted molar refractivity (Wildman–Crippen MR) is 85.7 cm³/mol. The van der Waals surface area contributed by atoms with Gasteiger partial charge in [0, 0.05) is 6.04 Å². The fourth-order valence-electron chi connectivity index (χ4n) is 7.28. The van der Waals surface area contributed by atoms with E-state index in [-0.39, 0.29) is 6.10 Å². The Morgan fingerprint density at radius 1 is 0.857 bits per heavy atom. The SMILES string of the molecule is C[C@]12CCC3C(CC[C@H]4CC(O)CC[C@]34C)C1CCC2N. The molecule has 21 heavy (non-hydrogen) atoms. The first-order valence-electron chi connectivity index (χ1n) is 9.39. The first-order chi connectivity index (χ1) is 9.95. The maximum atomic E-state index is 10.1. The number of rotatable bonds is 0. The zero-order valence-electron chi connectivity index (χ0n) is 13.9. The number of hydrogen-bond acceptors (Lipinski definition) is 2. The monoisotopic (exact) mass is 291 g/mol. The van der Waals surface area contributed by atoms with Gasteiger partial charge in [-0.1, -0.05) is 13.8 Å². The molecular formula is C19H33NO. The van der Waals surface area contributed by atoms with Crippen LogP contribution >= 0.6 is 0 Å². The minimum Gasteiger partial charge on any atom is -0.393 e. The van der Waals surface area contributed by atoms with E-state index in [1.807, 2.05) is 0 Å². The third-order valence-corrected chi connectivity index (χ3v) is 8.71. The van der Waals surface area contributed by atoms with Gasteiger partial charge in [0.15, 0.2) is 0 Å². The van der Waals surface area contributed by atoms with Crippen LogP contribution in [0.5, 0.6) is 0 Å². The molecule has 120 valence electrons. The molecular weight excluding hydrogens is 258 g/mol. The van der Waals surface area contributed by atoms with Crippen molar-refractivity contribution in [3.63, 3.8) is 0 Å². The first-order valence-corrected chi connectivity index (χ1v) is 9.39. The van der Waals surface area contributed by atoms with E-state index in [0.29, 0.717) is 16.9 Å². The van der Waals surface area contributed by atoms with Crippen LogP contribution in [-0.2, 0) is 0 Å². The summed E-state index contributed by atoms with van der Waals surface area (Å²) in [5.74, 6) is 3.50. The molecule has 4 fully saturated rings. The second-order valence-corrected chi connectivity index (χ2v) is 9.31. The molecule has 3 N–H and O–H groups in total. The summed E-state index contributed by atoms with van der Waals surface area (Å²) in [5.41, 5.74) is 7.43. The molecule has 0 heterocycles. The lowest BCUT2D eigenvalue weighted by Crippen LogP contribution is -2.55. The number of fused-ring (bicyclic) bond motifs is 5. The third kappa shape index (κ3) is 1.91. The van der Waals surface area contributed by atoms with Crippen molar-refractivity contribution < 1.29 is 5.11 Å². The van der Waals surface area contributed by atoms with E-state index in [9.17, 15) is 5.11 Å². The average Bonchev–Trinajstić information content (AvgIpc) is 2.76. The minimum absolute atomic E-state index is 0.0200. The lowest BCUT2D eigenvalue weighted by Gasteiger charge is -2.60. The highest BCUT2D eigenvalue weighted by molar-refractivity contribution is 5.10. The van der Waals surface area contributed by atoms with Crippen molar-refractivity contribution in [2.45, 2.75) is 83.8 Å². The highest BCUT2D eigenvalue weighted by Gasteiger charge is 2.59. The molecule has 0 saturated heterocycles. The molecule has 0 amide bonds. The quantitative estimate of drug-likeness (QED) is 0.714. The Kier molecular flexibility index (Phi) is 3.25. The standard InChI is InChI=1S/C19H33NO/c1-18-9-7-13(21)11-12(18)3-4-14-15-5-6-17(20)19(15,2)10-8-16(14)18/h12-17,21H,3-11,20H2,1-2H3/t12-,13?,14?,15?,16?,17?,18-,19-/m0/s1. The van der Waals surface area contributed by atoms with Crippen LogP contribution in [0.3, 0.4) is 0 Å². The number of hydrogen-bond donors (Lipinski definition) is 2. The number of aliphatic hydroxyl groups is 1. The summed E-state index contributed by atoms with van der Waals surface area (Å²) in [6.07, 6.45) is 11.5. The van der Waals surface area contributed by atoms with Crippen molar-refractivity contribution in [2.24, 2.45) is 40.2 Å². The van der Waals surface area contributed by atoms with Gasteiger partial charge in [-0.05, 0) is 92.3 Å². The maximum absolute atomic E-state index is 10.1. The molecule has 5 unspecified atom stereocenters. The largest absolute Gasteiger partial charge is 0.393 e. The Labute approximate surface area is 129 Å². The fraction of sp³-hybridized carbons (Fsp3) is 1.00. The second-order valence-electron chi connectivity index (χ2n) is 9.31. The van der Waals surface area contributed by atoms with Gasteiger partial charge >= 0.3 is 0 Å². The molecule has 0 aliphatic heterocycles. The first kappa shape index (κ1) is 14.5. The van der Waals surface area contributed by atoms with Crippen molar-refractivity contribution in [3.8, 4) is 0 Å². The van der Waals surface area contributed by atoms with Crippen molar-refractivity contribution >= 4 is 0 Å².